The Hall–Kier alpha value is -0.550. The van der Waals surface area contributed by atoms with Crippen LogP contribution in [0.1, 0.15) is 32.6 Å². The third-order valence-electron chi connectivity index (χ3n) is 1.62. The minimum absolute atomic E-state index is 0.315. The molecule has 0 spiro atoms. The Morgan fingerprint density at radius 2 is 2.31 bits per heavy atom. The molecule has 0 saturated carbocycles. The first-order valence-electron chi connectivity index (χ1n) is 4.45. The molecule has 1 atom stereocenters. The van der Waals surface area contributed by atoms with Gasteiger partial charge in [-0.3, -0.25) is 0 Å². The predicted molar refractivity (Wildman–Crippen MR) is 52.4 cm³/mol. The van der Waals surface area contributed by atoms with Crippen LogP contribution in [0.2, 0.25) is 0 Å². The third kappa shape index (κ3) is 3.36. The zero-order valence-electron chi connectivity index (χ0n) is 7.99. The van der Waals surface area contributed by atoms with E-state index >= 15 is 0 Å². The molecule has 1 aromatic heterocycles. The van der Waals surface area contributed by atoms with Crippen molar-refractivity contribution in [2.24, 2.45) is 5.73 Å². The molecule has 74 valence electrons. The van der Waals surface area contributed by atoms with Crippen LogP contribution in [0, 0.1) is 0 Å². The van der Waals surface area contributed by atoms with Gasteiger partial charge in [0, 0.05) is 5.25 Å². The zero-order valence-corrected chi connectivity index (χ0v) is 8.80. The molecular formula is C8H15N3OS. The molecule has 13 heavy (non-hydrogen) atoms. The Morgan fingerprint density at radius 1 is 1.54 bits per heavy atom. The highest BCUT2D eigenvalue weighted by atomic mass is 32.2. The van der Waals surface area contributed by atoms with Crippen LogP contribution in [0.15, 0.2) is 9.64 Å². The smallest absolute Gasteiger partial charge is 0.276 e. The van der Waals surface area contributed by atoms with Crippen LogP contribution in [0.25, 0.3) is 0 Å². The maximum absolute atomic E-state index is 5.35. The molecule has 0 fully saturated rings. The van der Waals surface area contributed by atoms with Crippen LogP contribution >= 0.6 is 11.8 Å². The molecular weight excluding hydrogens is 186 g/mol. The first-order valence-corrected chi connectivity index (χ1v) is 5.33. The third-order valence-corrected chi connectivity index (χ3v) is 2.62. The van der Waals surface area contributed by atoms with Crippen molar-refractivity contribution in [3.05, 3.63) is 5.89 Å². The van der Waals surface area contributed by atoms with E-state index in [4.69, 9.17) is 10.2 Å². The van der Waals surface area contributed by atoms with Gasteiger partial charge in [-0.05, 0) is 6.42 Å². The van der Waals surface area contributed by atoms with E-state index in [0.29, 0.717) is 22.9 Å². The first-order chi connectivity index (χ1) is 6.26. The lowest BCUT2D eigenvalue weighted by Crippen LogP contribution is -1.95. The van der Waals surface area contributed by atoms with E-state index in [0.717, 1.165) is 6.42 Å². The highest BCUT2D eigenvalue weighted by Crippen LogP contribution is 2.24. The summed E-state index contributed by atoms with van der Waals surface area (Å²) in [5, 5.41) is 8.81. The number of hydrogen-bond acceptors (Lipinski definition) is 5. The van der Waals surface area contributed by atoms with Gasteiger partial charge in [-0.15, -0.1) is 10.2 Å². The maximum Gasteiger partial charge on any atom is 0.276 e. The molecule has 0 bridgehead atoms. The predicted octanol–water partition coefficient (Wildman–Crippen LogP) is 1.81. The lowest BCUT2D eigenvalue weighted by molar-refractivity contribution is 0.414. The monoisotopic (exact) mass is 201 g/mol. The topological polar surface area (TPSA) is 64.9 Å². The summed E-state index contributed by atoms with van der Waals surface area (Å²) in [6.45, 7) is 4.63. The van der Waals surface area contributed by atoms with Gasteiger partial charge in [0.25, 0.3) is 5.22 Å². The highest BCUT2D eigenvalue weighted by molar-refractivity contribution is 7.99. The van der Waals surface area contributed by atoms with E-state index in [2.05, 4.69) is 24.0 Å². The van der Waals surface area contributed by atoms with Crippen molar-refractivity contribution in [1.29, 1.82) is 0 Å². The lowest BCUT2D eigenvalue weighted by Gasteiger charge is -2.04. The van der Waals surface area contributed by atoms with Crippen LogP contribution in [0.3, 0.4) is 0 Å². The number of nitrogens with two attached hydrogens (primary N) is 1. The molecule has 0 aliphatic heterocycles. The Kier molecular flexibility index (Phi) is 4.24. The Balaban J connectivity index is 2.44. The summed E-state index contributed by atoms with van der Waals surface area (Å²) in [6, 6.07) is 0. The van der Waals surface area contributed by atoms with E-state index in [1.165, 1.54) is 6.42 Å². The minimum Gasteiger partial charge on any atom is -0.415 e. The summed E-state index contributed by atoms with van der Waals surface area (Å²) in [5.74, 6) is 0.506. The average Bonchev–Trinajstić information content (AvgIpc) is 2.52. The Morgan fingerprint density at radius 3 is 2.85 bits per heavy atom. The number of thioether (sulfide) groups is 1. The molecule has 1 heterocycles. The van der Waals surface area contributed by atoms with Gasteiger partial charge in [-0.25, -0.2) is 0 Å². The first kappa shape index (κ1) is 10.5. The van der Waals surface area contributed by atoms with Crippen molar-refractivity contribution < 1.29 is 4.42 Å². The van der Waals surface area contributed by atoms with E-state index in [-0.39, 0.29) is 0 Å². The van der Waals surface area contributed by atoms with Crippen LogP contribution in [0.4, 0.5) is 0 Å². The van der Waals surface area contributed by atoms with E-state index in [9.17, 15) is 0 Å². The zero-order chi connectivity index (χ0) is 9.68. The van der Waals surface area contributed by atoms with E-state index in [1.807, 2.05) is 0 Å². The quantitative estimate of drug-likeness (QED) is 0.736. The van der Waals surface area contributed by atoms with Crippen LogP contribution in [-0.2, 0) is 6.54 Å². The molecule has 1 unspecified atom stereocenters. The van der Waals surface area contributed by atoms with Gasteiger partial charge in [0.15, 0.2) is 0 Å². The van der Waals surface area contributed by atoms with Gasteiger partial charge in [0.1, 0.15) is 0 Å². The molecule has 0 radical (unpaired) electrons. The van der Waals surface area contributed by atoms with Crippen molar-refractivity contribution in [3.63, 3.8) is 0 Å². The summed E-state index contributed by atoms with van der Waals surface area (Å²) in [4.78, 5) is 0. The van der Waals surface area contributed by atoms with Gasteiger partial charge >= 0.3 is 0 Å². The maximum atomic E-state index is 5.35. The van der Waals surface area contributed by atoms with E-state index < -0.39 is 0 Å². The number of nitrogens with zero attached hydrogens (tertiary/aromatic N) is 2. The molecule has 1 rings (SSSR count). The van der Waals surface area contributed by atoms with Gasteiger partial charge in [-0.2, -0.15) is 0 Å². The number of aromatic nitrogens is 2. The van der Waals surface area contributed by atoms with Crippen molar-refractivity contribution in [2.45, 2.75) is 43.7 Å². The summed E-state index contributed by atoms with van der Waals surface area (Å²) in [7, 11) is 0. The molecule has 0 aliphatic carbocycles. The van der Waals surface area contributed by atoms with Crippen LogP contribution in [-0.4, -0.2) is 15.4 Å². The van der Waals surface area contributed by atoms with Crippen molar-refractivity contribution in [2.75, 3.05) is 0 Å². The minimum atomic E-state index is 0.315. The molecule has 0 aromatic carbocycles. The summed E-state index contributed by atoms with van der Waals surface area (Å²) in [6.07, 6.45) is 2.33. The second-order valence-electron chi connectivity index (χ2n) is 2.88. The molecule has 2 N–H and O–H groups in total. The Labute approximate surface area is 82.3 Å². The van der Waals surface area contributed by atoms with Crippen molar-refractivity contribution in [3.8, 4) is 0 Å². The fraction of sp³-hybridized carbons (Fsp3) is 0.750. The second-order valence-corrected chi connectivity index (χ2v) is 4.27. The van der Waals surface area contributed by atoms with Gasteiger partial charge in [-0.1, -0.05) is 32.0 Å². The van der Waals surface area contributed by atoms with Gasteiger partial charge in [0.2, 0.25) is 5.89 Å². The SMILES string of the molecule is CCCC(C)Sc1nnc(CN)o1. The van der Waals surface area contributed by atoms with E-state index in [1.54, 1.807) is 11.8 Å². The normalized spacial score (nSPS) is 13.2. The lowest BCUT2D eigenvalue weighted by atomic mass is 10.3. The van der Waals surface area contributed by atoms with Gasteiger partial charge in [0.05, 0.1) is 6.54 Å². The largest absolute Gasteiger partial charge is 0.415 e. The average molecular weight is 201 g/mol. The molecule has 0 aliphatic rings. The summed E-state index contributed by atoms with van der Waals surface area (Å²) in [5.41, 5.74) is 5.35. The van der Waals surface area contributed by atoms with Crippen LogP contribution < -0.4 is 5.73 Å². The van der Waals surface area contributed by atoms with Crippen molar-refractivity contribution in [1.82, 2.24) is 10.2 Å². The fourth-order valence-electron chi connectivity index (χ4n) is 1.01. The summed E-state index contributed by atoms with van der Waals surface area (Å²) >= 11 is 1.61. The highest BCUT2D eigenvalue weighted by Gasteiger charge is 2.09. The molecule has 0 amide bonds. The second kappa shape index (κ2) is 5.24. The van der Waals surface area contributed by atoms with Crippen LogP contribution in [0.5, 0.6) is 0 Å². The molecule has 4 nitrogen and oxygen atoms in total. The number of rotatable bonds is 5. The molecule has 5 heteroatoms. The van der Waals surface area contributed by atoms with Crippen molar-refractivity contribution >= 4 is 11.8 Å². The Bertz CT molecular complexity index is 251. The fourth-order valence-corrected chi connectivity index (χ4v) is 1.94. The standard InChI is InChI=1S/C8H15N3OS/c1-3-4-6(2)13-8-11-10-7(5-9)12-8/h6H,3-5,9H2,1-2H3. The molecule has 0 saturated heterocycles. The molecule has 1 aromatic rings. The summed E-state index contributed by atoms with van der Waals surface area (Å²) < 4.78 is 5.27. The van der Waals surface area contributed by atoms with Gasteiger partial charge < -0.3 is 10.2 Å². The number of hydrogen-bond donors (Lipinski definition) is 1.